The fourth-order valence-corrected chi connectivity index (χ4v) is 2.61. The van der Waals surface area contributed by atoms with Crippen LogP contribution in [0.15, 0.2) is 29.1 Å². The topological polar surface area (TPSA) is 59.3 Å². The van der Waals surface area contributed by atoms with Gasteiger partial charge in [0.15, 0.2) is 6.29 Å². The number of rotatable bonds is 7. The second kappa shape index (κ2) is 7.07. The lowest BCUT2D eigenvalue weighted by Crippen LogP contribution is -2.24. The Labute approximate surface area is 124 Å². The molecule has 0 saturated heterocycles. The van der Waals surface area contributed by atoms with E-state index in [2.05, 4.69) is 6.92 Å². The van der Waals surface area contributed by atoms with Crippen molar-refractivity contribution in [3.8, 4) is 5.75 Å². The number of hydrogen-bond donors (Lipinski definition) is 1. The molecule has 112 valence electrons. The summed E-state index contributed by atoms with van der Waals surface area (Å²) in [6.07, 6.45) is 5.93. The van der Waals surface area contributed by atoms with E-state index in [4.69, 9.17) is 0 Å². The second-order valence-corrected chi connectivity index (χ2v) is 5.27. The van der Waals surface area contributed by atoms with Gasteiger partial charge in [0.1, 0.15) is 11.3 Å². The van der Waals surface area contributed by atoms with Crippen molar-refractivity contribution in [3.63, 3.8) is 0 Å². The summed E-state index contributed by atoms with van der Waals surface area (Å²) in [6.45, 7) is 2.73. The molecule has 1 aromatic carbocycles. The zero-order valence-electron chi connectivity index (χ0n) is 12.3. The van der Waals surface area contributed by atoms with E-state index in [9.17, 15) is 14.7 Å². The quantitative estimate of drug-likeness (QED) is 0.626. The van der Waals surface area contributed by atoms with Crippen LogP contribution >= 0.6 is 0 Å². The van der Waals surface area contributed by atoms with E-state index in [1.165, 1.54) is 12.8 Å². The van der Waals surface area contributed by atoms with Crippen LogP contribution in [0, 0.1) is 0 Å². The Morgan fingerprint density at radius 3 is 2.57 bits per heavy atom. The molecule has 0 unspecified atom stereocenters. The van der Waals surface area contributed by atoms with Crippen molar-refractivity contribution in [2.24, 2.45) is 0 Å². The zero-order chi connectivity index (χ0) is 15.2. The molecule has 1 N–H and O–H groups in total. The van der Waals surface area contributed by atoms with E-state index in [0.29, 0.717) is 23.7 Å². The van der Waals surface area contributed by atoms with Crippen molar-refractivity contribution >= 4 is 17.2 Å². The van der Waals surface area contributed by atoms with Crippen molar-refractivity contribution in [3.05, 3.63) is 40.2 Å². The third kappa shape index (κ3) is 3.15. The first-order chi connectivity index (χ1) is 10.2. The van der Waals surface area contributed by atoms with E-state index in [1.807, 2.05) is 6.07 Å². The third-order valence-corrected chi connectivity index (χ3v) is 3.78. The van der Waals surface area contributed by atoms with Crippen molar-refractivity contribution in [1.82, 2.24) is 4.57 Å². The summed E-state index contributed by atoms with van der Waals surface area (Å²) in [6, 6.07) is 7.14. The number of fused-ring (bicyclic) bond motifs is 1. The van der Waals surface area contributed by atoms with Crippen molar-refractivity contribution < 1.29 is 9.90 Å². The SMILES string of the molecule is CCCCCCCn1c(=O)c(C=O)c(O)c2ccccc21. The second-order valence-electron chi connectivity index (χ2n) is 5.27. The largest absolute Gasteiger partial charge is 0.506 e. The number of para-hydroxylation sites is 1. The Balaban J connectivity index is 2.37. The standard InChI is InChI=1S/C17H21NO3/c1-2-3-4-5-8-11-18-15-10-7-6-9-13(15)16(20)14(12-19)17(18)21/h6-7,9-10,12,20H,2-5,8,11H2,1H3. The van der Waals surface area contributed by atoms with Crippen LogP contribution in [0.3, 0.4) is 0 Å². The molecule has 0 bridgehead atoms. The average Bonchev–Trinajstić information content (AvgIpc) is 2.50. The van der Waals surface area contributed by atoms with Crippen LogP contribution in [0.2, 0.25) is 0 Å². The minimum absolute atomic E-state index is 0.151. The maximum atomic E-state index is 12.3. The van der Waals surface area contributed by atoms with Crippen LogP contribution in [0.5, 0.6) is 5.75 Å². The van der Waals surface area contributed by atoms with Crippen LogP contribution in [-0.2, 0) is 6.54 Å². The van der Waals surface area contributed by atoms with Crippen LogP contribution in [0.4, 0.5) is 0 Å². The molecule has 0 saturated carbocycles. The van der Waals surface area contributed by atoms with Crippen molar-refractivity contribution in [2.45, 2.75) is 45.6 Å². The van der Waals surface area contributed by atoms with Gasteiger partial charge in [0.2, 0.25) is 0 Å². The third-order valence-electron chi connectivity index (χ3n) is 3.78. The summed E-state index contributed by atoms with van der Waals surface area (Å²) in [5.41, 5.74) is 0.125. The predicted octanol–water partition coefficient (Wildman–Crippen LogP) is 3.49. The summed E-state index contributed by atoms with van der Waals surface area (Å²) in [5, 5.41) is 10.6. The molecule has 0 aliphatic rings. The van der Waals surface area contributed by atoms with Gasteiger partial charge in [-0.05, 0) is 18.6 Å². The number of benzene rings is 1. The first kappa shape index (κ1) is 15.3. The van der Waals surface area contributed by atoms with Crippen LogP contribution in [0.25, 0.3) is 10.9 Å². The highest BCUT2D eigenvalue weighted by molar-refractivity contribution is 5.93. The first-order valence-electron chi connectivity index (χ1n) is 7.50. The van der Waals surface area contributed by atoms with E-state index >= 15 is 0 Å². The average molecular weight is 287 g/mol. The number of aromatic nitrogens is 1. The van der Waals surface area contributed by atoms with Crippen molar-refractivity contribution in [1.29, 1.82) is 0 Å². The minimum atomic E-state index is -0.406. The van der Waals surface area contributed by atoms with Gasteiger partial charge in [0.05, 0.1) is 5.52 Å². The molecule has 0 aliphatic carbocycles. The molecular weight excluding hydrogens is 266 g/mol. The van der Waals surface area contributed by atoms with Crippen LogP contribution in [-0.4, -0.2) is 16.0 Å². The Morgan fingerprint density at radius 1 is 1.14 bits per heavy atom. The fourth-order valence-electron chi connectivity index (χ4n) is 2.61. The lowest BCUT2D eigenvalue weighted by atomic mass is 10.1. The maximum Gasteiger partial charge on any atom is 0.265 e. The number of hydrogen-bond acceptors (Lipinski definition) is 3. The van der Waals surface area contributed by atoms with E-state index in [-0.39, 0.29) is 11.3 Å². The number of unbranched alkanes of at least 4 members (excludes halogenated alkanes) is 4. The fraction of sp³-hybridized carbons (Fsp3) is 0.412. The van der Waals surface area contributed by atoms with E-state index < -0.39 is 5.56 Å². The molecule has 2 aromatic rings. The maximum absolute atomic E-state index is 12.3. The number of nitrogens with zero attached hydrogens (tertiary/aromatic N) is 1. The Morgan fingerprint density at radius 2 is 1.86 bits per heavy atom. The number of carbonyl (C=O) groups excluding carboxylic acids is 1. The molecule has 2 rings (SSSR count). The van der Waals surface area contributed by atoms with Gasteiger partial charge < -0.3 is 9.67 Å². The monoisotopic (exact) mass is 287 g/mol. The molecule has 0 atom stereocenters. The number of aldehydes is 1. The minimum Gasteiger partial charge on any atom is -0.506 e. The normalized spacial score (nSPS) is 10.9. The molecule has 0 radical (unpaired) electrons. The van der Waals surface area contributed by atoms with Crippen LogP contribution < -0.4 is 5.56 Å². The van der Waals surface area contributed by atoms with E-state index in [0.717, 1.165) is 19.3 Å². The lowest BCUT2D eigenvalue weighted by molar-refractivity contribution is 0.111. The molecule has 4 nitrogen and oxygen atoms in total. The molecule has 0 spiro atoms. The smallest absolute Gasteiger partial charge is 0.265 e. The molecule has 4 heteroatoms. The molecular formula is C17H21NO3. The highest BCUT2D eigenvalue weighted by Crippen LogP contribution is 2.25. The van der Waals surface area contributed by atoms with Gasteiger partial charge in [-0.1, -0.05) is 44.7 Å². The van der Waals surface area contributed by atoms with Crippen LogP contribution in [0.1, 0.15) is 49.4 Å². The van der Waals surface area contributed by atoms with Gasteiger partial charge >= 0.3 is 0 Å². The summed E-state index contributed by atoms with van der Waals surface area (Å²) in [7, 11) is 0. The molecule has 1 heterocycles. The molecule has 0 amide bonds. The Bertz CT molecular complexity index is 688. The predicted molar refractivity (Wildman–Crippen MR) is 84.0 cm³/mol. The lowest BCUT2D eigenvalue weighted by Gasteiger charge is -2.12. The van der Waals surface area contributed by atoms with Gasteiger partial charge in [-0.3, -0.25) is 9.59 Å². The number of aromatic hydroxyl groups is 1. The van der Waals surface area contributed by atoms with Gasteiger partial charge in [0, 0.05) is 11.9 Å². The van der Waals surface area contributed by atoms with E-state index in [1.54, 1.807) is 22.8 Å². The Hall–Kier alpha value is -2.10. The first-order valence-corrected chi connectivity index (χ1v) is 7.50. The summed E-state index contributed by atoms with van der Waals surface area (Å²) >= 11 is 0. The molecule has 0 fully saturated rings. The van der Waals surface area contributed by atoms with Gasteiger partial charge in [-0.15, -0.1) is 0 Å². The van der Waals surface area contributed by atoms with Gasteiger partial charge in [0.25, 0.3) is 5.56 Å². The summed E-state index contributed by atoms with van der Waals surface area (Å²) in [5.74, 6) is -0.215. The molecule has 0 aliphatic heterocycles. The highest BCUT2D eigenvalue weighted by atomic mass is 16.3. The summed E-state index contributed by atoms with van der Waals surface area (Å²) in [4.78, 5) is 23.4. The number of aryl methyl sites for hydroxylation is 1. The number of carbonyl (C=O) groups is 1. The van der Waals surface area contributed by atoms with Crippen molar-refractivity contribution in [2.75, 3.05) is 0 Å². The highest BCUT2D eigenvalue weighted by Gasteiger charge is 2.14. The summed E-state index contributed by atoms with van der Waals surface area (Å²) < 4.78 is 1.60. The number of pyridine rings is 1. The van der Waals surface area contributed by atoms with Gasteiger partial charge in [-0.2, -0.15) is 0 Å². The Kier molecular flexibility index (Phi) is 5.14. The molecule has 21 heavy (non-hydrogen) atoms. The van der Waals surface area contributed by atoms with Gasteiger partial charge in [-0.25, -0.2) is 0 Å². The molecule has 1 aromatic heterocycles. The zero-order valence-corrected chi connectivity index (χ0v) is 12.3.